The van der Waals surface area contributed by atoms with E-state index in [2.05, 4.69) is 11.9 Å². The standard InChI is InChI=1S/C27H29NO3/c1-2-3-4-5-9-20-30-25-18-14-23(15-19-25)27(29)31-26-16-12-22(13-17-26)21-28-24-10-7-6-8-11-24/h6-8,10-19,21H,2-5,9,20H2,1H3. The van der Waals surface area contributed by atoms with Gasteiger partial charge in [0, 0.05) is 6.21 Å². The van der Waals surface area contributed by atoms with Crippen molar-refractivity contribution in [3.05, 3.63) is 90.0 Å². The molecule has 0 fully saturated rings. The number of carbonyl (C=O) groups excluding carboxylic acids is 1. The highest BCUT2D eigenvalue weighted by atomic mass is 16.5. The SMILES string of the molecule is CCCCCCCOc1ccc(C(=O)Oc2ccc(C=Nc3ccccc3)cc2)cc1. The van der Waals surface area contributed by atoms with Crippen molar-refractivity contribution in [2.45, 2.75) is 39.0 Å². The Kier molecular flexibility index (Phi) is 8.87. The number of unbranched alkanes of at least 4 members (excludes halogenated alkanes) is 4. The van der Waals surface area contributed by atoms with Crippen molar-refractivity contribution < 1.29 is 14.3 Å². The molecule has 0 amide bonds. The minimum absolute atomic E-state index is 0.392. The van der Waals surface area contributed by atoms with E-state index in [1.165, 1.54) is 25.7 Å². The molecule has 160 valence electrons. The van der Waals surface area contributed by atoms with E-state index in [1.54, 1.807) is 30.5 Å². The predicted octanol–water partition coefficient (Wildman–Crippen LogP) is 7.01. The lowest BCUT2D eigenvalue weighted by molar-refractivity contribution is 0.0734. The van der Waals surface area contributed by atoms with E-state index in [-0.39, 0.29) is 0 Å². The fourth-order valence-electron chi connectivity index (χ4n) is 3.03. The largest absolute Gasteiger partial charge is 0.494 e. The number of nitrogens with zero attached hydrogens (tertiary/aromatic N) is 1. The zero-order valence-electron chi connectivity index (χ0n) is 18.0. The molecule has 3 aromatic rings. The van der Waals surface area contributed by atoms with Crippen molar-refractivity contribution in [3.63, 3.8) is 0 Å². The first kappa shape index (κ1) is 22.3. The van der Waals surface area contributed by atoms with Crippen LogP contribution < -0.4 is 9.47 Å². The van der Waals surface area contributed by atoms with Crippen LogP contribution in [0.15, 0.2) is 83.9 Å². The molecule has 0 aliphatic rings. The van der Waals surface area contributed by atoms with E-state index in [9.17, 15) is 4.79 Å². The topological polar surface area (TPSA) is 47.9 Å². The highest BCUT2D eigenvalue weighted by molar-refractivity contribution is 5.91. The van der Waals surface area contributed by atoms with E-state index >= 15 is 0 Å². The van der Waals surface area contributed by atoms with Gasteiger partial charge < -0.3 is 9.47 Å². The molecule has 0 spiro atoms. The molecule has 0 saturated carbocycles. The Balaban J connectivity index is 1.46. The number of rotatable bonds is 11. The minimum Gasteiger partial charge on any atom is -0.494 e. The maximum atomic E-state index is 12.4. The number of hydrogen-bond acceptors (Lipinski definition) is 4. The summed E-state index contributed by atoms with van der Waals surface area (Å²) in [4.78, 5) is 16.8. The average Bonchev–Trinajstić information content (AvgIpc) is 2.82. The van der Waals surface area contributed by atoms with Crippen molar-refractivity contribution in [1.82, 2.24) is 0 Å². The molecule has 0 bridgehead atoms. The molecule has 0 atom stereocenters. The average molecular weight is 416 g/mol. The van der Waals surface area contributed by atoms with E-state index in [0.717, 1.165) is 23.4 Å². The molecule has 0 radical (unpaired) electrons. The number of esters is 1. The molecule has 3 rings (SSSR count). The van der Waals surface area contributed by atoms with E-state index in [4.69, 9.17) is 9.47 Å². The molecule has 0 aliphatic heterocycles. The van der Waals surface area contributed by atoms with Crippen LogP contribution in [-0.2, 0) is 0 Å². The lowest BCUT2D eigenvalue weighted by Crippen LogP contribution is -2.08. The Bertz CT molecular complexity index is 948. The zero-order chi connectivity index (χ0) is 21.7. The summed E-state index contributed by atoms with van der Waals surface area (Å²) in [6.45, 7) is 2.91. The molecule has 4 nitrogen and oxygen atoms in total. The molecule has 0 aromatic heterocycles. The van der Waals surface area contributed by atoms with Gasteiger partial charge in [0.05, 0.1) is 17.9 Å². The summed E-state index contributed by atoms with van der Waals surface area (Å²) in [5, 5.41) is 0. The lowest BCUT2D eigenvalue weighted by Gasteiger charge is -2.08. The second-order valence-electron chi connectivity index (χ2n) is 7.34. The monoisotopic (exact) mass is 415 g/mol. The molecular weight excluding hydrogens is 386 g/mol. The Hall–Kier alpha value is -3.40. The maximum absolute atomic E-state index is 12.4. The first-order valence-electron chi connectivity index (χ1n) is 10.9. The van der Waals surface area contributed by atoms with Crippen LogP contribution in [0.4, 0.5) is 5.69 Å². The van der Waals surface area contributed by atoms with Crippen LogP contribution in [0.25, 0.3) is 0 Å². The normalized spacial score (nSPS) is 10.9. The van der Waals surface area contributed by atoms with Crippen LogP contribution >= 0.6 is 0 Å². The van der Waals surface area contributed by atoms with Crippen LogP contribution in [0, 0.1) is 0 Å². The highest BCUT2D eigenvalue weighted by Gasteiger charge is 2.09. The Labute approximate surface area is 184 Å². The summed E-state index contributed by atoms with van der Waals surface area (Å²) in [5.74, 6) is 0.875. The fraction of sp³-hybridized carbons (Fsp3) is 0.259. The van der Waals surface area contributed by atoms with Gasteiger partial charge in [0.15, 0.2) is 0 Å². The van der Waals surface area contributed by atoms with Gasteiger partial charge in [-0.05, 0) is 72.6 Å². The van der Waals surface area contributed by atoms with Crippen molar-refractivity contribution in [2.75, 3.05) is 6.61 Å². The van der Waals surface area contributed by atoms with Crippen LogP contribution in [0.3, 0.4) is 0 Å². The third kappa shape index (κ3) is 7.74. The van der Waals surface area contributed by atoms with Gasteiger partial charge >= 0.3 is 5.97 Å². The summed E-state index contributed by atoms with van der Waals surface area (Å²) in [6, 6.07) is 24.1. The van der Waals surface area contributed by atoms with Gasteiger partial charge in [0.25, 0.3) is 0 Å². The van der Waals surface area contributed by atoms with E-state index < -0.39 is 5.97 Å². The lowest BCUT2D eigenvalue weighted by atomic mass is 10.2. The molecular formula is C27H29NO3. The summed E-state index contributed by atoms with van der Waals surface area (Å²) in [6.07, 6.45) is 7.80. The van der Waals surface area contributed by atoms with Gasteiger partial charge in [-0.3, -0.25) is 4.99 Å². The number of benzene rings is 3. The van der Waals surface area contributed by atoms with Gasteiger partial charge in [0.2, 0.25) is 0 Å². The number of hydrogen-bond donors (Lipinski definition) is 0. The summed E-state index contributed by atoms with van der Waals surface area (Å²) in [5.41, 5.74) is 2.31. The number of carbonyl (C=O) groups is 1. The van der Waals surface area contributed by atoms with Crippen LogP contribution in [0.1, 0.15) is 54.9 Å². The van der Waals surface area contributed by atoms with Crippen LogP contribution in [0.2, 0.25) is 0 Å². The quantitative estimate of drug-likeness (QED) is 0.146. The number of para-hydroxylation sites is 1. The highest BCUT2D eigenvalue weighted by Crippen LogP contribution is 2.17. The van der Waals surface area contributed by atoms with Crippen molar-refractivity contribution in [2.24, 2.45) is 4.99 Å². The van der Waals surface area contributed by atoms with Crippen molar-refractivity contribution >= 4 is 17.9 Å². The first-order chi connectivity index (χ1) is 15.2. The second-order valence-corrected chi connectivity index (χ2v) is 7.34. The molecule has 31 heavy (non-hydrogen) atoms. The van der Waals surface area contributed by atoms with Crippen LogP contribution in [-0.4, -0.2) is 18.8 Å². The Morgan fingerprint density at radius 2 is 1.48 bits per heavy atom. The maximum Gasteiger partial charge on any atom is 0.343 e. The molecule has 4 heteroatoms. The van der Waals surface area contributed by atoms with Crippen LogP contribution in [0.5, 0.6) is 11.5 Å². The molecule has 0 N–H and O–H groups in total. The zero-order valence-corrected chi connectivity index (χ0v) is 18.0. The predicted molar refractivity (Wildman–Crippen MR) is 126 cm³/mol. The summed E-state index contributed by atoms with van der Waals surface area (Å²) in [7, 11) is 0. The summed E-state index contributed by atoms with van der Waals surface area (Å²) < 4.78 is 11.2. The molecule has 0 heterocycles. The Morgan fingerprint density at radius 1 is 0.806 bits per heavy atom. The van der Waals surface area contributed by atoms with Gasteiger partial charge in [-0.1, -0.05) is 50.8 Å². The molecule has 0 unspecified atom stereocenters. The first-order valence-corrected chi connectivity index (χ1v) is 10.9. The van der Waals surface area contributed by atoms with Crippen molar-refractivity contribution in [1.29, 1.82) is 0 Å². The van der Waals surface area contributed by atoms with Gasteiger partial charge in [-0.15, -0.1) is 0 Å². The smallest absolute Gasteiger partial charge is 0.343 e. The van der Waals surface area contributed by atoms with Crippen molar-refractivity contribution in [3.8, 4) is 11.5 Å². The van der Waals surface area contributed by atoms with Gasteiger partial charge in [-0.25, -0.2) is 4.79 Å². The van der Waals surface area contributed by atoms with E-state index in [0.29, 0.717) is 17.9 Å². The fourth-order valence-corrected chi connectivity index (χ4v) is 3.03. The van der Waals surface area contributed by atoms with Gasteiger partial charge in [-0.2, -0.15) is 0 Å². The molecule has 3 aromatic carbocycles. The molecule has 0 aliphatic carbocycles. The minimum atomic E-state index is -0.392. The third-order valence-corrected chi connectivity index (χ3v) is 4.82. The van der Waals surface area contributed by atoms with Gasteiger partial charge in [0.1, 0.15) is 11.5 Å². The summed E-state index contributed by atoms with van der Waals surface area (Å²) >= 11 is 0. The second kappa shape index (κ2) is 12.3. The number of aliphatic imine (C=N–C) groups is 1. The third-order valence-electron chi connectivity index (χ3n) is 4.82. The van der Waals surface area contributed by atoms with E-state index in [1.807, 2.05) is 54.6 Å². The Morgan fingerprint density at radius 3 is 2.19 bits per heavy atom. The number of ether oxygens (including phenoxy) is 2. The molecule has 0 saturated heterocycles.